The van der Waals surface area contributed by atoms with E-state index >= 15 is 0 Å². The Labute approximate surface area is 852 Å². The van der Waals surface area contributed by atoms with Crippen molar-refractivity contribution in [1.29, 1.82) is 0 Å². The SMILES string of the molecule is CCN(CC)c1ccc(Nc2nc(N)n(-c3cc(Nc4ccccc4)ncn3)n2)c(C)c1.CCN(CC)c1ccc(Nc2nc(N)n(-c3cc(Nc4ccccc4)ncn3)n2)cc1.CCOc1cccc(Nc2nc(N)n(-c3cc(Nc4ccccc4)ncn3)n2)c1.COc1ccc(Nc2nc(N)n(-c3cc(Nc4ccccc4)ncn3)n2)c(C)c1.Cc1ccccc1Nc1nc(N)n(-c2cc(Nc3ccccc3)ncn2)n1. The lowest BCUT2D eigenvalue weighted by atomic mass is 10.1. The summed E-state index contributed by atoms with van der Waals surface area (Å²) in [4.78, 5) is 68.7. The van der Waals surface area contributed by atoms with Crippen molar-refractivity contribution in [3.63, 3.8) is 0 Å². The summed E-state index contributed by atoms with van der Waals surface area (Å²) in [5, 5.41) is 54.2. The summed E-state index contributed by atoms with van der Waals surface area (Å²) in [6.45, 7) is 21.0. The number of ether oxygens (including phenoxy) is 2. The molecule has 20 N–H and O–H groups in total. The van der Waals surface area contributed by atoms with Gasteiger partial charge in [-0.3, -0.25) is 0 Å². The lowest BCUT2D eigenvalue weighted by Crippen LogP contribution is -2.21. The number of methoxy groups -OCH3 is 1. The molecule has 10 heterocycles. The second-order valence-corrected chi connectivity index (χ2v) is 32.3. The fourth-order valence-electron chi connectivity index (χ4n) is 14.7. The Morgan fingerprint density at radius 1 is 0.250 bits per heavy atom. The average molecular weight is 1980 g/mol. The summed E-state index contributed by atoms with van der Waals surface area (Å²) in [5.41, 5.74) is 44.9. The summed E-state index contributed by atoms with van der Waals surface area (Å²) >= 11 is 0. The molecule has 20 aromatic rings. The second kappa shape index (κ2) is 49.1. The standard InChI is InChI=1S/C23H27N9.C22H25N9.2C20H20N8O.C19H18N8/c1-4-31(5-2)18-11-12-19(16(3)13-18)28-23-29-22(24)32(30-23)21-14-20(25-15-26-21)27-17-9-7-6-8-10-17;1-3-30(4-2)18-12-10-17(11-13-18)27-22-28-21(23)31(29-22)20-14-19(24-15-25-20)26-16-8-6-5-7-9-16;1-13-10-15(29-2)8-9-16(13)25-20-26-19(21)28(27-20)18-11-17(22-12-23-18)24-14-6-4-3-5-7-14;1-2-29-16-10-6-9-15(11-16)25-20-26-19(21)28(27-20)18-12-17(22-13-23-18)24-14-7-4-3-5-8-14;1-13-7-5-6-10-15(13)24-19-25-18(20)27(26-19)17-11-16(21-12-22-17)23-14-8-3-2-4-9-14/h6-15H,4-5H2,1-3H3,(H,25,26,27)(H3,24,28,29,30);5-15H,3-4H2,1-2H3,(H,24,25,26)(H3,23,27,28,29);3-12H,1-2H3,(H,22,23,24)(H3,21,25,26,27);3-13H,2H2,1H3,(H,22,23,24)(H3,21,25,26,27);2-12H,1H3,(H,21,22,23)(H3,20,24,25,26). The van der Waals surface area contributed by atoms with Crippen LogP contribution in [0.4, 0.5) is 157 Å². The lowest BCUT2D eigenvalue weighted by molar-refractivity contribution is 0.340. The van der Waals surface area contributed by atoms with Gasteiger partial charge >= 0.3 is 0 Å². The van der Waals surface area contributed by atoms with E-state index in [2.05, 4.69) is 222 Å². The molecule has 0 aliphatic rings. The van der Waals surface area contributed by atoms with Gasteiger partial charge in [0.15, 0.2) is 29.1 Å². The van der Waals surface area contributed by atoms with Gasteiger partial charge in [-0.25, -0.2) is 49.8 Å². The van der Waals surface area contributed by atoms with Crippen LogP contribution in [0.2, 0.25) is 0 Å². The number of nitrogens with one attached hydrogen (secondary N) is 10. The first-order chi connectivity index (χ1) is 72.2. The zero-order chi connectivity index (χ0) is 103. The largest absolute Gasteiger partial charge is 0.497 e. The molecule has 10 aromatic heterocycles. The minimum atomic E-state index is 0.206. The Morgan fingerprint density at radius 3 is 0.851 bits per heavy atom. The van der Waals surface area contributed by atoms with Crippen molar-refractivity contribution in [2.75, 3.05) is 132 Å². The van der Waals surface area contributed by atoms with Gasteiger partial charge in [0.1, 0.15) is 72.2 Å². The Balaban J connectivity index is 0.000000132. The predicted octanol–water partition coefficient (Wildman–Crippen LogP) is 18.7. The van der Waals surface area contributed by atoms with Gasteiger partial charge in [0.2, 0.25) is 59.5 Å². The van der Waals surface area contributed by atoms with E-state index in [9.17, 15) is 0 Å². The molecule has 748 valence electrons. The third-order valence-electron chi connectivity index (χ3n) is 22.0. The number of nitrogens with two attached hydrogens (primary N) is 5. The molecule has 0 bridgehead atoms. The van der Waals surface area contributed by atoms with Crippen LogP contribution >= 0.6 is 0 Å². The van der Waals surface area contributed by atoms with Crippen LogP contribution in [0.5, 0.6) is 11.5 Å². The van der Waals surface area contributed by atoms with Crippen LogP contribution in [0, 0.1) is 20.8 Å². The maximum absolute atomic E-state index is 6.13. The molecule has 44 heteroatoms. The Kier molecular flexibility index (Phi) is 33.3. The molecule has 0 aliphatic heterocycles. The maximum Gasteiger partial charge on any atom is 0.248 e. The van der Waals surface area contributed by atoms with E-state index in [0.717, 1.165) is 111 Å². The van der Waals surface area contributed by atoms with Gasteiger partial charge in [0, 0.05) is 131 Å². The molecule has 0 spiro atoms. The van der Waals surface area contributed by atoms with Crippen molar-refractivity contribution < 1.29 is 9.47 Å². The van der Waals surface area contributed by atoms with Gasteiger partial charge in [0.25, 0.3) is 0 Å². The number of hydrogen-bond acceptors (Lipinski definition) is 39. The number of benzene rings is 10. The Hall–Kier alpha value is -20.5. The van der Waals surface area contributed by atoms with Crippen molar-refractivity contribution >= 4 is 157 Å². The van der Waals surface area contributed by atoms with Crippen LogP contribution in [-0.2, 0) is 0 Å². The molecule has 0 amide bonds. The predicted molar refractivity (Wildman–Crippen MR) is 583 cm³/mol. The molecule has 0 saturated heterocycles. The fraction of sp³-hybridized carbons (Fsp3) is 0.135. The van der Waals surface area contributed by atoms with Gasteiger partial charge in [-0.1, -0.05) is 115 Å². The highest BCUT2D eigenvalue weighted by atomic mass is 16.5. The van der Waals surface area contributed by atoms with E-state index in [4.69, 9.17) is 38.1 Å². The first-order valence-corrected chi connectivity index (χ1v) is 47.1. The van der Waals surface area contributed by atoms with Crippen LogP contribution in [0.1, 0.15) is 51.3 Å². The van der Waals surface area contributed by atoms with Gasteiger partial charge < -0.3 is 101 Å². The summed E-state index contributed by atoms with van der Waals surface area (Å²) in [6.07, 6.45) is 7.27. The normalized spacial score (nSPS) is 10.6. The van der Waals surface area contributed by atoms with E-state index in [1.807, 2.05) is 257 Å². The molecule has 148 heavy (non-hydrogen) atoms. The first-order valence-electron chi connectivity index (χ1n) is 47.1. The smallest absolute Gasteiger partial charge is 0.248 e. The molecule has 0 unspecified atom stereocenters. The molecule has 0 fully saturated rings. The number of nitrogen functional groups attached to an aromatic ring is 5. The zero-order valence-electron chi connectivity index (χ0n) is 82.4. The molecular formula is C104H110N42O2. The van der Waals surface area contributed by atoms with Crippen LogP contribution in [0.25, 0.3) is 29.1 Å². The van der Waals surface area contributed by atoms with Crippen LogP contribution in [0.3, 0.4) is 0 Å². The number of nitrogens with zero attached hydrogens (tertiary/aromatic N) is 27. The molecular weight excluding hydrogens is 1870 g/mol. The van der Waals surface area contributed by atoms with Crippen molar-refractivity contribution in [3.8, 4) is 40.6 Å². The van der Waals surface area contributed by atoms with E-state index < -0.39 is 0 Å². The lowest BCUT2D eigenvalue weighted by Gasteiger charge is -2.22. The van der Waals surface area contributed by atoms with Crippen molar-refractivity contribution in [1.82, 2.24) is 124 Å². The number of rotatable bonds is 34. The monoisotopic (exact) mass is 1980 g/mol. The average Bonchev–Trinajstić information content (AvgIpc) is 1.68. The molecule has 0 atom stereocenters. The van der Waals surface area contributed by atoms with Crippen LogP contribution in [-0.4, -0.2) is 164 Å². The van der Waals surface area contributed by atoms with Crippen molar-refractivity contribution in [3.05, 3.63) is 340 Å². The van der Waals surface area contributed by atoms with Crippen molar-refractivity contribution in [2.45, 2.75) is 55.4 Å². The van der Waals surface area contributed by atoms with Crippen LogP contribution < -0.4 is 101 Å². The molecule has 0 saturated carbocycles. The third kappa shape index (κ3) is 27.2. The number of aryl methyl sites for hydroxylation is 3. The summed E-state index contributed by atoms with van der Waals surface area (Å²) in [5.74, 6) is 10.3. The van der Waals surface area contributed by atoms with E-state index in [-0.39, 0.29) is 29.7 Å². The van der Waals surface area contributed by atoms with Gasteiger partial charge in [0.05, 0.1) is 13.7 Å². The second-order valence-electron chi connectivity index (χ2n) is 32.3. The molecule has 0 aliphatic carbocycles. The highest BCUT2D eigenvalue weighted by molar-refractivity contribution is 5.70. The summed E-state index contributed by atoms with van der Waals surface area (Å²) < 4.78 is 18.1. The number of para-hydroxylation sites is 6. The third-order valence-corrected chi connectivity index (χ3v) is 22.0. The minimum Gasteiger partial charge on any atom is -0.497 e. The molecule has 10 aromatic carbocycles. The number of anilines is 27. The molecule has 20 rings (SSSR count). The maximum atomic E-state index is 6.13. The van der Waals surface area contributed by atoms with E-state index in [1.54, 1.807) is 37.4 Å². The molecule has 0 radical (unpaired) electrons. The van der Waals surface area contributed by atoms with Gasteiger partial charge in [-0.15, -0.1) is 25.5 Å². The minimum absolute atomic E-state index is 0.206. The summed E-state index contributed by atoms with van der Waals surface area (Å²) in [7, 11) is 1.63. The zero-order valence-corrected chi connectivity index (χ0v) is 82.4. The van der Waals surface area contributed by atoms with Crippen molar-refractivity contribution in [2.24, 2.45) is 0 Å². The topological polar surface area (TPSA) is 558 Å². The van der Waals surface area contributed by atoms with Gasteiger partial charge in [-0.05, 0) is 212 Å². The summed E-state index contributed by atoms with van der Waals surface area (Å²) in [6, 6.07) is 93.1. The number of aromatic nitrogens is 25. The molecule has 44 nitrogen and oxygen atoms in total. The van der Waals surface area contributed by atoms with Gasteiger partial charge in [-0.2, -0.15) is 48.3 Å². The van der Waals surface area contributed by atoms with Crippen LogP contribution in [0.15, 0.2) is 323 Å². The van der Waals surface area contributed by atoms with E-state index in [1.165, 1.54) is 66.4 Å². The Morgan fingerprint density at radius 2 is 0.534 bits per heavy atom. The fourth-order valence-corrected chi connectivity index (χ4v) is 14.7. The highest BCUT2D eigenvalue weighted by Crippen LogP contribution is 2.32. The Bertz CT molecular complexity index is 7680. The highest BCUT2D eigenvalue weighted by Gasteiger charge is 2.21. The first kappa shape index (κ1) is 100. The number of hydrogen-bond donors (Lipinski definition) is 15. The van der Waals surface area contributed by atoms with E-state index in [0.29, 0.717) is 94.5 Å². The quantitative estimate of drug-likeness (QED) is 0.0178.